The number of carboxylic acid groups (broad SMARTS) is 2. The Morgan fingerprint density at radius 3 is 1.87 bits per heavy atom. The van der Waals surface area contributed by atoms with Crippen LogP contribution in [0.1, 0.15) is 23.3 Å². The van der Waals surface area contributed by atoms with E-state index >= 15 is 0 Å². The number of aliphatic carboxylic acids is 2. The van der Waals surface area contributed by atoms with Gasteiger partial charge in [0, 0.05) is 11.3 Å². The van der Waals surface area contributed by atoms with Crippen molar-refractivity contribution in [3.63, 3.8) is 0 Å². The normalized spacial score (nSPS) is 30.9. The van der Waals surface area contributed by atoms with Crippen molar-refractivity contribution < 1.29 is 88.4 Å². The van der Waals surface area contributed by atoms with Gasteiger partial charge in [-0.15, -0.1) is 0 Å². The van der Waals surface area contributed by atoms with Gasteiger partial charge in [0.25, 0.3) is 5.91 Å². The van der Waals surface area contributed by atoms with Crippen LogP contribution in [0.4, 0.5) is 10.1 Å². The van der Waals surface area contributed by atoms with Crippen LogP contribution in [0.5, 0.6) is 11.5 Å². The molecule has 0 radical (unpaired) electrons. The third-order valence-corrected chi connectivity index (χ3v) is 10.4. The Labute approximate surface area is 339 Å². The van der Waals surface area contributed by atoms with Crippen molar-refractivity contribution in [3.05, 3.63) is 114 Å². The van der Waals surface area contributed by atoms with E-state index in [0.29, 0.717) is 22.4 Å². The topological polar surface area (TPSA) is 283 Å². The molecule has 4 aromatic carbocycles. The molecule has 0 aliphatic carbocycles. The molecule has 3 saturated heterocycles. The smallest absolute Gasteiger partial charge is 0.335 e. The molecule has 0 bridgehead atoms. The molecule has 19 heteroatoms. The van der Waals surface area contributed by atoms with Crippen LogP contribution in [-0.2, 0) is 28.6 Å². The van der Waals surface area contributed by atoms with Gasteiger partial charge in [0.15, 0.2) is 18.3 Å². The summed E-state index contributed by atoms with van der Waals surface area (Å²) >= 11 is 0. The lowest BCUT2D eigenvalue weighted by Gasteiger charge is -2.47. The third-order valence-electron chi connectivity index (χ3n) is 10.4. The van der Waals surface area contributed by atoms with Crippen LogP contribution in [0.3, 0.4) is 0 Å². The molecule has 0 spiro atoms. The Kier molecular flexibility index (Phi) is 12.5. The van der Waals surface area contributed by atoms with Crippen LogP contribution < -0.4 is 14.4 Å². The van der Waals surface area contributed by atoms with Gasteiger partial charge in [0.05, 0.1) is 6.61 Å². The number of rotatable bonds is 13. The molecule has 0 saturated carbocycles. The zero-order valence-electron chi connectivity index (χ0n) is 31.1. The molecule has 8 unspecified atom stereocenters. The van der Waals surface area contributed by atoms with Crippen molar-refractivity contribution in [2.24, 2.45) is 0 Å². The van der Waals surface area contributed by atoms with Gasteiger partial charge in [-0.3, -0.25) is 9.69 Å². The van der Waals surface area contributed by atoms with E-state index < -0.39 is 110 Å². The number of hydrogen-bond acceptors (Lipinski definition) is 15. The number of β-lactam (4-membered cyclic amide) rings is 1. The van der Waals surface area contributed by atoms with Crippen molar-refractivity contribution in [3.8, 4) is 22.6 Å². The summed E-state index contributed by atoms with van der Waals surface area (Å²) in [5.41, 5.74) is 1.69. The van der Waals surface area contributed by atoms with Gasteiger partial charge in [0.2, 0.25) is 12.6 Å². The number of hydrogen-bond donors (Lipinski definition) is 9. The molecule has 3 aliphatic rings. The molecule has 9 N–H and O–H groups in total. The predicted octanol–water partition coefficient (Wildman–Crippen LogP) is 0.241. The second-order valence-corrected chi connectivity index (χ2v) is 14.3. The van der Waals surface area contributed by atoms with Gasteiger partial charge < -0.3 is 69.6 Å². The number of benzene rings is 4. The highest BCUT2D eigenvalue weighted by atomic mass is 19.1. The molecular weight excluding hydrogens is 797 g/mol. The van der Waals surface area contributed by atoms with Gasteiger partial charge in [-0.05, 0) is 59.2 Å². The van der Waals surface area contributed by atoms with Crippen LogP contribution in [-0.4, -0.2) is 138 Å². The highest BCUT2D eigenvalue weighted by Gasteiger charge is 2.53. The van der Waals surface area contributed by atoms with E-state index in [1.165, 1.54) is 47.4 Å². The summed E-state index contributed by atoms with van der Waals surface area (Å²) in [4.78, 5) is 38.8. The van der Waals surface area contributed by atoms with Crippen molar-refractivity contribution in [1.29, 1.82) is 0 Å². The fourth-order valence-electron chi connectivity index (χ4n) is 7.15. The van der Waals surface area contributed by atoms with Gasteiger partial charge >= 0.3 is 11.9 Å². The number of anilines is 1. The van der Waals surface area contributed by atoms with E-state index in [1.54, 1.807) is 42.5 Å². The molecule has 7 rings (SSSR count). The van der Waals surface area contributed by atoms with Crippen molar-refractivity contribution in [1.82, 2.24) is 0 Å². The molecule has 4 aromatic rings. The van der Waals surface area contributed by atoms with Crippen molar-refractivity contribution >= 4 is 23.5 Å². The van der Waals surface area contributed by atoms with Crippen molar-refractivity contribution in [2.45, 2.75) is 79.7 Å². The van der Waals surface area contributed by atoms with Gasteiger partial charge in [0.1, 0.15) is 66.1 Å². The summed E-state index contributed by atoms with van der Waals surface area (Å²) in [5.74, 6) is -4.44. The number of amides is 1. The summed E-state index contributed by atoms with van der Waals surface area (Å²) in [6.45, 7) is -0.403. The van der Waals surface area contributed by atoms with Crippen LogP contribution in [0, 0.1) is 5.82 Å². The minimum atomic E-state index is -2.03. The minimum Gasteiger partial charge on any atom is -0.479 e. The number of carboxylic acids is 2. The van der Waals surface area contributed by atoms with E-state index in [0.717, 1.165) is 12.1 Å². The minimum absolute atomic E-state index is 0.0105. The lowest BCUT2D eigenvalue weighted by molar-refractivity contribution is -0.271. The summed E-state index contributed by atoms with van der Waals surface area (Å²) in [7, 11) is 0. The van der Waals surface area contributed by atoms with Crippen LogP contribution in [0.2, 0.25) is 0 Å². The molecule has 13 atom stereocenters. The summed E-state index contributed by atoms with van der Waals surface area (Å²) in [5, 5.41) is 92.8. The lowest BCUT2D eigenvalue weighted by Crippen LogP contribution is -2.62. The number of aliphatic hydroxyl groups excluding tert-OH is 7. The quantitative estimate of drug-likeness (QED) is 0.0816. The van der Waals surface area contributed by atoms with E-state index in [-0.39, 0.29) is 17.1 Å². The number of para-hydroxylation sites is 1. The Balaban J connectivity index is 1.26. The lowest BCUT2D eigenvalue weighted by atomic mass is 9.87. The monoisotopic (exact) mass is 837 g/mol. The Morgan fingerprint density at radius 2 is 1.27 bits per heavy atom. The van der Waals surface area contributed by atoms with Gasteiger partial charge in [-0.1, -0.05) is 54.6 Å². The van der Waals surface area contributed by atoms with Crippen LogP contribution in [0.25, 0.3) is 11.1 Å². The van der Waals surface area contributed by atoms with Gasteiger partial charge in [-0.2, -0.15) is 0 Å². The molecule has 3 heterocycles. The number of carbonyl (C=O) groups is 3. The zero-order valence-corrected chi connectivity index (χ0v) is 31.1. The Bertz CT molecular complexity index is 2180. The average molecular weight is 838 g/mol. The predicted molar refractivity (Wildman–Crippen MR) is 200 cm³/mol. The second kappa shape index (κ2) is 17.6. The standard InChI is InChI=1S/C41H40FNO17/c42-21-12-9-18(10-13-21)25(44)17-56-34-27(43(37(34)51)22-6-2-1-3-7-22)24-14-11-20(16-26(24)58-41-33(50)29(46)31(48)36(60-41)39(54)55)19-5-4-8-23(15-19)57-40-32(49)28(45)30(47)35(59-40)38(52)53/h1-16,25,27-36,40-41,44-50H,17H2,(H,52,53)(H,54,55)/t25-,27+,28?,29?,30?,31?,32?,33?,34+,35?,36?,40+,41+/m0/s1. The largest absolute Gasteiger partial charge is 0.479 e. The number of carbonyl (C=O) groups excluding carboxylic acids is 1. The molecule has 318 valence electrons. The van der Waals surface area contributed by atoms with E-state index in [9.17, 15) is 64.7 Å². The Hall–Kier alpha value is -5.58. The first-order chi connectivity index (χ1) is 28.6. The summed E-state index contributed by atoms with van der Waals surface area (Å²) in [6.07, 6.45) is -21.9. The zero-order chi connectivity index (χ0) is 43.0. The van der Waals surface area contributed by atoms with Crippen molar-refractivity contribution in [2.75, 3.05) is 11.5 Å². The van der Waals surface area contributed by atoms with Gasteiger partial charge in [-0.25, -0.2) is 14.0 Å². The first kappa shape index (κ1) is 42.5. The molecule has 18 nitrogen and oxygen atoms in total. The highest BCUT2D eigenvalue weighted by molar-refractivity contribution is 6.05. The maximum atomic E-state index is 13.8. The highest BCUT2D eigenvalue weighted by Crippen LogP contribution is 2.46. The summed E-state index contributed by atoms with van der Waals surface area (Å²) in [6, 6.07) is 23.0. The molecule has 60 heavy (non-hydrogen) atoms. The number of aliphatic hydroxyl groups is 7. The molecule has 1 amide bonds. The molecule has 3 fully saturated rings. The first-order valence-corrected chi connectivity index (χ1v) is 18.5. The van der Waals surface area contributed by atoms with E-state index in [4.69, 9.17) is 23.7 Å². The Morgan fingerprint density at radius 1 is 0.683 bits per heavy atom. The van der Waals surface area contributed by atoms with E-state index in [2.05, 4.69) is 0 Å². The second-order valence-electron chi connectivity index (χ2n) is 14.3. The fraction of sp³-hybridized carbons (Fsp3) is 0.341. The number of ether oxygens (including phenoxy) is 5. The molecule has 3 aliphatic heterocycles. The first-order valence-electron chi connectivity index (χ1n) is 18.5. The maximum absolute atomic E-state index is 13.8. The third kappa shape index (κ3) is 8.40. The maximum Gasteiger partial charge on any atom is 0.335 e. The molecule has 0 aromatic heterocycles. The van der Waals surface area contributed by atoms with Crippen LogP contribution in [0.15, 0.2) is 97.1 Å². The van der Waals surface area contributed by atoms with Crippen LogP contribution >= 0.6 is 0 Å². The molecular formula is C41H40FNO17. The fourth-order valence-corrected chi connectivity index (χ4v) is 7.15. The average Bonchev–Trinajstić information content (AvgIpc) is 3.23. The van der Waals surface area contributed by atoms with E-state index in [1.807, 2.05) is 0 Å². The number of halogens is 1. The SMILES string of the molecule is O=C(O)C1O[C@@H](Oc2cccc(-c3ccc([C@@H]4[C@@H](OC[C@H](O)c5ccc(F)cc5)C(=O)N4c4ccccc4)c(O[C@@H]4OC(C(=O)O)C(O)C(O)C4O)c3)c2)C(O)C(O)C1O. The number of nitrogens with zero attached hydrogens (tertiary/aromatic N) is 1. The summed E-state index contributed by atoms with van der Waals surface area (Å²) < 4.78 is 42.1.